The van der Waals surface area contributed by atoms with Gasteiger partial charge in [-0.2, -0.15) is 5.26 Å². The van der Waals surface area contributed by atoms with Gasteiger partial charge in [0.25, 0.3) is 0 Å². The second kappa shape index (κ2) is 5.59. The molecule has 100 valence electrons. The molecule has 0 saturated carbocycles. The lowest BCUT2D eigenvalue weighted by Crippen LogP contribution is -1.98. The lowest BCUT2D eigenvalue weighted by Gasteiger charge is -2.08. The number of nitrogens with zero attached hydrogens (tertiary/aromatic N) is 1. The highest BCUT2D eigenvalue weighted by Crippen LogP contribution is 2.28. The summed E-state index contributed by atoms with van der Waals surface area (Å²) >= 11 is 5.62. The highest BCUT2D eigenvalue weighted by molar-refractivity contribution is 6.30. The van der Waals surface area contributed by atoms with Crippen LogP contribution in [0.4, 0.5) is 4.39 Å². The highest BCUT2D eigenvalue weighted by atomic mass is 35.5. The number of carbonyl (C=O) groups is 1. The summed E-state index contributed by atoms with van der Waals surface area (Å²) in [5.74, 6) is -1.31. The van der Waals surface area contributed by atoms with Crippen molar-refractivity contribution in [2.45, 2.75) is 0 Å². The van der Waals surface area contributed by atoms with E-state index in [1.807, 2.05) is 6.07 Å². The van der Waals surface area contributed by atoms with Gasteiger partial charge in [-0.15, -0.1) is 0 Å². The molecule has 0 amide bonds. The van der Waals surface area contributed by atoms with Crippen LogP contribution >= 0.6 is 11.6 Å². The van der Waals surface area contributed by atoms with Crippen LogP contribution in [-0.4, -0.2) is 11.1 Å². The van der Waals surface area contributed by atoms with Gasteiger partial charge in [0.1, 0.15) is 23.4 Å². The first kappa shape index (κ1) is 13.8. The van der Waals surface area contributed by atoms with Gasteiger partial charge in [-0.3, -0.25) is 0 Å². The smallest absolute Gasteiger partial charge is 0.335 e. The third-order valence-electron chi connectivity index (χ3n) is 2.47. The topological polar surface area (TPSA) is 70.3 Å². The summed E-state index contributed by atoms with van der Waals surface area (Å²) in [6.45, 7) is 0. The van der Waals surface area contributed by atoms with Crippen molar-refractivity contribution < 1.29 is 19.0 Å². The Morgan fingerprint density at radius 2 is 2.05 bits per heavy atom. The first-order valence-corrected chi connectivity index (χ1v) is 5.79. The number of hydrogen-bond donors (Lipinski definition) is 1. The van der Waals surface area contributed by atoms with E-state index in [0.717, 1.165) is 6.07 Å². The molecular weight excluding hydrogens is 285 g/mol. The molecule has 0 bridgehead atoms. The number of benzene rings is 2. The molecule has 20 heavy (non-hydrogen) atoms. The zero-order valence-electron chi connectivity index (χ0n) is 9.93. The van der Waals surface area contributed by atoms with Gasteiger partial charge in [-0.05, 0) is 30.3 Å². The molecule has 0 radical (unpaired) electrons. The minimum Gasteiger partial charge on any atom is -0.478 e. The Bertz CT molecular complexity index is 725. The molecule has 2 aromatic carbocycles. The summed E-state index contributed by atoms with van der Waals surface area (Å²) < 4.78 is 18.4. The van der Waals surface area contributed by atoms with Crippen molar-refractivity contribution in [2.24, 2.45) is 0 Å². The van der Waals surface area contributed by atoms with Gasteiger partial charge in [0, 0.05) is 6.07 Å². The molecule has 0 aliphatic heterocycles. The molecule has 4 nitrogen and oxygen atoms in total. The third-order valence-corrected chi connectivity index (χ3v) is 2.76. The minimum atomic E-state index is -1.14. The number of aromatic carboxylic acids is 1. The van der Waals surface area contributed by atoms with Crippen molar-refractivity contribution in [1.29, 1.82) is 5.26 Å². The van der Waals surface area contributed by atoms with Crippen molar-refractivity contribution in [3.05, 3.63) is 58.4 Å². The van der Waals surface area contributed by atoms with E-state index in [-0.39, 0.29) is 27.6 Å². The van der Waals surface area contributed by atoms with Gasteiger partial charge in [0.15, 0.2) is 0 Å². The third kappa shape index (κ3) is 2.87. The van der Waals surface area contributed by atoms with Gasteiger partial charge < -0.3 is 9.84 Å². The van der Waals surface area contributed by atoms with E-state index < -0.39 is 11.8 Å². The zero-order chi connectivity index (χ0) is 14.7. The first-order chi connectivity index (χ1) is 9.51. The van der Waals surface area contributed by atoms with Crippen LogP contribution < -0.4 is 4.74 Å². The summed E-state index contributed by atoms with van der Waals surface area (Å²) in [5.41, 5.74) is 0.0383. The molecule has 2 rings (SSSR count). The Morgan fingerprint density at radius 3 is 2.65 bits per heavy atom. The Morgan fingerprint density at radius 1 is 1.30 bits per heavy atom. The number of carboxylic acids is 1. The first-order valence-electron chi connectivity index (χ1n) is 5.41. The Balaban J connectivity index is 2.36. The molecule has 0 saturated heterocycles. The van der Waals surface area contributed by atoms with Crippen LogP contribution in [0.15, 0.2) is 36.4 Å². The molecule has 0 heterocycles. The van der Waals surface area contributed by atoms with E-state index >= 15 is 0 Å². The maximum Gasteiger partial charge on any atom is 0.335 e. The zero-order valence-corrected chi connectivity index (χ0v) is 10.7. The number of hydrogen-bond acceptors (Lipinski definition) is 3. The number of ether oxygens (including phenoxy) is 1. The van der Waals surface area contributed by atoms with Crippen LogP contribution in [0.2, 0.25) is 5.02 Å². The molecule has 2 aromatic rings. The molecule has 0 atom stereocenters. The van der Waals surface area contributed by atoms with Gasteiger partial charge in [-0.1, -0.05) is 11.6 Å². The van der Waals surface area contributed by atoms with Crippen molar-refractivity contribution in [2.75, 3.05) is 0 Å². The summed E-state index contributed by atoms with van der Waals surface area (Å²) in [4.78, 5) is 10.8. The van der Waals surface area contributed by atoms with E-state index in [9.17, 15) is 9.18 Å². The molecule has 0 unspecified atom stereocenters. The maximum atomic E-state index is 13.0. The van der Waals surface area contributed by atoms with Crippen molar-refractivity contribution in [3.63, 3.8) is 0 Å². The van der Waals surface area contributed by atoms with E-state index in [1.165, 1.54) is 30.3 Å². The Kier molecular flexibility index (Phi) is 3.87. The lowest BCUT2D eigenvalue weighted by atomic mass is 10.1. The quantitative estimate of drug-likeness (QED) is 0.932. The fraction of sp³-hybridized carbons (Fsp3) is 0. The van der Waals surface area contributed by atoms with Crippen molar-refractivity contribution in [1.82, 2.24) is 0 Å². The largest absolute Gasteiger partial charge is 0.478 e. The standard InChI is InChI=1S/C14H7ClFNO3/c15-11-6-10(2-3-12(11)16)20-13-4-1-8(14(18)19)5-9(13)7-17/h1-6H,(H,18,19). The van der Waals surface area contributed by atoms with Gasteiger partial charge in [-0.25, -0.2) is 9.18 Å². The molecule has 0 spiro atoms. The number of rotatable bonds is 3. The Labute approximate surface area is 118 Å². The second-order valence-electron chi connectivity index (χ2n) is 3.81. The van der Waals surface area contributed by atoms with Crippen LogP contribution in [0.5, 0.6) is 11.5 Å². The molecule has 6 heteroatoms. The summed E-state index contributed by atoms with van der Waals surface area (Å²) in [6.07, 6.45) is 0. The number of carboxylic acid groups (broad SMARTS) is 1. The van der Waals surface area contributed by atoms with Crippen LogP contribution in [0.3, 0.4) is 0 Å². The lowest BCUT2D eigenvalue weighted by molar-refractivity contribution is 0.0697. The van der Waals surface area contributed by atoms with E-state index in [4.69, 9.17) is 26.7 Å². The highest BCUT2D eigenvalue weighted by Gasteiger charge is 2.11. The van der Waals surface area contributed by atoms with Gasteiger partial charge >= 0.3 is 5.97 Å². The second-order valence-corrected chi connectivity index (χ2v) is 4.21. The SMILES string of the molecule is N#Cc1cc(C(=O)O)ccc1Oc1ccc(F)c(Cl)c1. The summed E-state index contributed by atoms with van der Waals surface area (Å²) in [7, 11) is 0. The minimum absolute atomic E-state index is 0.0222. The fourth-order valence-corrected chi connectivity index (χ4v) is 1.68. The van der Waals surface area contributed by atoms with E-state index in [0.29, 0.717) is 0 Å². The molecule has 0 aliphatic carbocycles. The van der Waals surface area contributed by atoms with Crippen molar-refractivity contribution in [3.8, 4) is 17.6 Å². The van der Waals surface area contributed by atoms with Crippen LogP contribution in [0.25, 0.3) is 0 Å². The molecule has 0 fully saturated rings. The van der Waals surface area contributed by atoms with Crippen molar-refractivity contribution >= 4 is 17.6 Å². The predicted octanol–water partition coefficient (Wildman–Crippen LogP) is 3.84. The van der Waals surface area contributed by atoms with Crippen LogP contribution in [-0.2, 0) is 0 Å². The number of halogens is 2. The average molecular weight is 292 g/mol. The predicted molar refractivity (Wildman–Crippen MR) is 69.6 cm³/mol. The van der Waals surface area contributed by atoms with Gasteiger partial charge in [0.05, 0.1) is 16.1 Å². The summed E-state index contributed by atoms with van der Waals surface area (Å²) in [6, 6.07) is 9.46. The average Bonchev–Trinajstić information content (AvgIpc) is 2.43. The van der Waals surface area contributed by atoms with Gasteiger partial charge in [0.2, 0.25) is 0 Å². The monoisotopic (exact) mass is 291 g/mol. The molecular formula is C14H7ClFNO3. The fourth-order valence-electron chi connectivity index (χ4n) is 1.51. The van der Waals surface area contributed by atoms with E-state index in [2.05, 4.69) is 0 Å². The Hall–Kier alpha value is -2.58. The molecule has 1 N–H and O–H groups in total. The molecule has 0 aromatic heterocycles. The number of nitriles is 1. The van der Waals surface area contributed by atoms with Crippen LogP contribution in [0.1, 0.15) is 15.9 Å². The van der Waals surface area contributed by atoms with Crippen LogP contribution in [0, 0.1) is 17.1 Å². The normalized spacial score (nSPS) is 9.85. The van der Waals surface area contributed by atoms with E-state index in [1.54, 1.807) is 0 Å². The molecule has 0 aliphatic rings. The summed E-state index contributed by atoms with van der Waals surface area (Å²) in [5, 5.41) is 17.7. The maximum absolute atomic E-state index is 13.0.